The lowest BCUT2D eigenvalue weighted by Gasteiger charge is -2.36. The molecular formula is C16H20ClNO3. The minimum Gasteiger partial charge on any atom is -0.464 e. The normalized spacial score (nSPS) is 25.8. The van der Waals surface area contributed by atoms with Crippen molar-refractivity contribution < 1.29 is 14.6 Å². The Labute approximate surface area is 129 Å². The highest BCUT2D eigenvalue weighted by atomic mass is 35.5. The van der Waals surface area contributed by atoms with E-state index in [-0.39, 0.29) is 17.9 Å². The molecule has 2 saturated heterocycles. The van der Waals surface area contributed by atoms with Crippen molar-refractivity contribution in [3.63, 3.8) is 0 Å². The van der Waals surface area contributed by atoms with Gasteiger partial charge in [-0.25, -0.2) is 0 Å². The average molecular weight is 310 g/mol. The van der Waals surface area contributed by atoms with Crippen molar-refractivity contribution in [2.45, 2.75) is 31.4 Å². The highest BCUT2D eigenvalue weighted by molar-refractivity contribution is 6.30. The van der Waals surface area contributed by atoms with E-state index in [0.717, 1.165) is 37.9 Å². The summed E-state index contributed by atoms with van der Waals surface area (Å²) in [6.07, 6.45) is 2.13. The Kier molecular flexibility index (Phi) is 4.48. The molecule has 4 nitrogen and oxygen atoms in total. The predicted molar refractivity (Wildman–Crippen MR) is 80.1 cm³/mol. The number of benzene rings is 1. The molecule has 1 aromatic rings. The van der Waals surface area contributed by atoms with E-state index >= 15 is 0 Å². The fourth-order valence-corrected chi connectivity index (χ4v) is 3.42. The zero-order valence-corrected chi connectivity index (χ0v) is 12.6. The van der Waals surface area contributed by atoms with Crippen LogP contribution in [0.2, 0.25) is 5.02 Å². The number of likely N-dealkylation sites (tertiary alicyclic amines) is 1. The number of piperidine rings is 1. The SMILES string of the molecule is O=C1OCCC1N1CCC(C(O)c2ccc(Cl)cc2)CC1. The molecule has 2 aliphatic rings. The average Bonchev–Trinajstić information content (AvgIpc) is 2.94. The van der Waals surface area contributed by atoms with Crippen LogP contribution in [0, 0.1) is 5.92 Å². The van der Waals surface area contributed by atoms with Crippen LogP contribution in [0.4, 0.5) is 0 Å². The number of ether oxygens (including phenoxy) is 1. The summed E-state index contributed by atoms with van der Waals surface area (Å²) in [6, 6.07) is 7.31. The fraction of sp³-hybridized carbons (Fsp3) is 0.562. The van der Waals surface area contributed by atoms with E-state index in [4.69, 9.17) is 16.3 Å². The molecule has 1 N–H and O–H groups in total. The van der Waals surface area contributed by atoms with Crippen LogP contribution in [0.15, 0.2) is 24.3 Å². The second-order valence-corrected chi connectivity index (χ2v) is 6.28. The van der Waals surface area contributed by atoms with E-state index < -0.39 is 6.10 Å². The Bertz CT molecular complexity index is 497. The van der Waals surface area contributed by atoms with Gasteiger partial charge in [0.1, 0.15) is 6.04 Å². The van der Waals surface area contributed by atoms with Crippen molar-refractivity contribution >= 4 is 17.6 Å². The largest absolute Gasteiger partial charge is 0.464 e. The summed E-state index contributed by atoms with van der Waals surface area (Å²) in [7, 11) is 0. The lowest BCUT2D eigenvalue weighted by atomic mass is 9.87. The quantitative estimate of drug-likeness (QED) is 0.871. The smallest absolute Gasteiger partial charge is 0.323 e. The van der Waals surface area contributed by atoms with Crippen molar-refractivity contribution in [1.82, 2.24) is 4.90 Å². The summed E-state index contributed by atoms with van der Waals surface area (Å²) in [5.74, 6) is 0.145. The fourth-order valence-electron chi connectivity index (χ4n) is 3.30. The second kappa shape index (κ2) is 6.34. The van der Waals surface area contributed by atoms with Crippen molar-refractivity contribution in [1.29, 1.82) is 0 Å². The molecule has 0 bridgehead atoms. The number of carbonyl (C=O) groups is 1. The van der Waals surface area contributed by atoms with Gasteiger partial charge in [0.05, 0.1) is 12.7 Å². The summed E-state index contributed by atoms with van der Waals surface area (Å²) in [4.78, 5) is 13.8. The summed E-state index contributed by atoms with van der Waals surface area (Å²) in [5.41, 5.74) is 0.915. The maximum atomic E-state index is 11.6. The summed E-state index contributed by atoms with van der Waals surface area (Å²) >= 11 is 5.88. The first-order chi connectivity index (χ1) is 10.1. The molecule has 0 aliphatic carbocycles. The third-order valence-corrected chi connectivity index (χ3v) is 4.83. The van der Waals surface area contributed by atoms with E-state index in [1.807, 2.05) is 24.3 Å². The standard InChI is InChI=1S/C16H20ClNO3/c17-13-3-1-11(2-4-13)15(19)12-5-8-18(9-6-12)14-7-10-21-16(14)20/h1-4,12,14-15,19H,5-10H2. The van der Waals surface area contributed by atoms with Gasteiger partial charge in [-0.3, -0.25) is 9.69 Å². The van der Waals surface area contributed by atoms with Crippen LogP contribution in [0.25, 0.3) is 0 Å². The van der Waals surface area contributed by atoms with Crippen molar-refractivity contribution in [2.75, 3.05) is 19.7 Å². The Morgan fingerprint density at radius 1 is 1.19 bits per heavy atom. The Morgan fingerprint density at radius 3 is 2.43 bits per heavy atom. The molecule has 2 unspecified atom stereocenters. The number of hydrogen-bond acceptors (Lipinski definition) is 4. The molecule has 3 rings (SSSR count). The van der Waals surface area contributed by atoms with E-state index in [9.17, 15) is 9.90 Å². The Hall–Kier alpha value is -1.10. The molecule has 114 valence electrons. The Balaban J connectivity index is 1.57. The van der Waals surface area contributed by atoms with Gasteiger partial charge in [-0.1, -0.05) is 23.7 Å². The zero-order chi connectivity index (χ0) is 14.8. The van der Waals surface area contributed by atoms with Gasteiger partial charge in [0.15, 0.2) is 0 Å². The number of carbonyl (C=O) groups excluding carboxylic acids is 1. The van der Waals surface area contributed by atoms with Gasteiger partial charge in [-0.05, 0) is 49.5 Å². The van der Waals surface area contributed by atoms with Gasteiger partial charge < -0.3 is 9.84 Å². The maximum absolute atomic E-state index is 11.6. The molecule has 2 heterocycles. The third kappa shape index (κ3) is 3.23. The molecule has 0 amide bonds. The molecule has 2 fully saturated rings. The second-order valence-electron chi connectivity index (χ2n) is 5.84. The van der Waals surface area contributed by atoms with Crippen LogP contribution < -0.4 is 0 Å². The summed E-state index contributed by atoms with van der Waals surface area (Å²) in [6.45, 7) is 2.22. The number of hydrogen-bond donors (Lipinski definition) is 1. The van der Waals surface area contributed by atoms with E-state index in [1.165, 1.54) is 0 Å². The van der Waals surface area contributed by atoms with E-state index in [1.54, 1.807) is 0 Å². The van der Waals surface area contributed by atoms with Crippen LogP contribution in [0.5, 0.6) is 0 Å². The minimum atomic E-state index is -0.458. The number of cyclic esters (lactones) is 1. The lowest BCUT2D eigenvalue weighted by molar-refractivity contribution is -0.142. The molecule has 5 heteroatoms. The van der Waals surface area contributed by atoms with Crippen molar-refractivity contribution in [2.24, 2.45) is 5.92 Å². The molecule has 0 radical (unpaired) electrons. The number of rotatable bonds is 3. The summed E-state index contributed by atoms with van der Waals surface area (Å²) < 4.78 is 5.03. The van der Waals surface area contributed by atoms with Crippen LogP contribution >= 0.6 is 11.6 Å². The number of halogens is 1. The predicted octanol–water partition coefficient (Wildman–Crippen LogP) is 2.40. The molecule has 0 spiro atoms. The van der Waals surface area contributed by atoms with Gasteiger partial charge in [-0.2, -0.15) is 0 Å². The lowest BCUT2D eigenvalue weighted by Crippen LogP contribution is -2.44. The van der Waals surface area contributed by atoms with Crippen molar-refractivity contribution in [3.8, 4) is 0 Å². The molecule has 2 aliphatic heterocycles. The van der Waals surface area contributed by atoms with Crippen LogP contribution in [-0.4, -0.2) is 41.7 Å². The highest BCUT2D eigenvalue weighted by Gasteiger charge is 2.35. The topological polar surface area (TPSA) is 49.8 Å². The summed E-state index contributed by atoms with van der Waals surface area (Å²) in [5, 5.41) is 11.2. The van der Waals surface area contributed by atoms with Gasteiger partial charge >= 0.3 is 5.97 Å². The minimum absolute atomic E-state index is 0.0707. The van der Waals surface area contributed by atoms with Crippen LogP contribution in [0.1, 0.15) is 30.9 Å². The van der Waals surface area contributed by atoms with Gasteiger partial charge in [0.2, 0.25) is 0 Å². The van der Waals surface area contributed by atoms with Crippen LogP contribution in [-0.2, 0) is 9.53 Å². The van der Waals surface area contributed by atoms with Gasteiger partial charge in [0, 0.05) is 11.4 Å². The van der Waals surface area contributed by atoms with Crippen molar-refractivity contribution in [3.05, 3.63) is 34.9 Å². The van der Waals surface area contributed by atoms with Gasteiger partial charge in [-0.15, -0.1) is 0 Å². The molecule has 1 aromatic carbocycles. The Morgan fingerprint density at radius 2 is 1.86 bits per heavy atom. The molecule has 0 saturated carbocycles. The number of esters is 1. The molecule has 21 heavy (non-hydrogen) atoms. The van der Waals surface area contributed by atoms with Crippen LogP contribution in [0.3, 0.4) is 0 Å². The molecule has 2 atom stereocenters. The highest BCUT2D eigenvalue weighted by Crippen LogP contribution is 2.32. The third-order valence-electron chi connectivity index (χ3n) is 4.58. The monoisotopic (exact) mass is 309 g/mol. The number of nitrogens with zero attached hydrogens (tertiary/aromatic N) is 1. The molecule has 0 aromatic heterocycles. The van der Waals surface area contributed by atoms with Gasteiger partial charge in [0.25, 0.3) is 0 Å². The first kappa shape index (κ1) is 14.8. The number of aliphatic hydroxyl groups excluding tert-OH is 1. The van der Waals surface area contributed by atoms with E-state index in [2.05, 4.69) is 4.90 Å². The first-order valence-electron chi connectivity index (χ1n) is 7.49. The maximum Gasteiger partial charge on any atom is 0.323 e. The van der Waals surface area contributed by atoms with E-state index in [0.29, 0.717) is 11.6 Å². The number of aliphatic hydroxyl groups is 1. The zero-order valence-electron chi connectivity index (χ0n) is 11.9. The first-order valence-corrected chi connectivity index (χ1v) is 7.87. The molecular weight excluding hydrogens is 290 g/mol.